The zero-order valence-electron chi connectivity index (χ0n) is 13.2. The number of amides is 1. The Morgan fingerprint density at radius 3 is 2.48 bits per heavy atom. The maximum Gasteiger partial charge on any atom is 0.231 e. The van der Waals surface area contributed by atoms with Crippen LogP contribution in [-0.4, -0.2) is 36.8 Å². The van der Waals surface area contributed by atoms with Gasteiger partial charge < -0.3 is 10.5 Å². The summed E-state index contributed by atoms with van der Waals surface area (Å²) in [5.74, 6) is 0.756. The first-order valence-corrected chi connectivity index (χ1v) is 7.02. The fourth-order valence-electron chi connectivity index (χ4n) is 2.28. The minimum absolute atomic E-state index is 0.00390. The molecule has 0 heterocycles. The van der Waals surface area contributed by atoms with E-state index in [0.29, 0.717) is 23.8 Å². The Hall–Kier alpha value is -1.88. The van der Waals surface area contributed by atoms with E-state index in [1.165, 1.54) is 6.92 Å². The summed E-state index contributed by atoms with van der Waals surface area (Å²) in [5.41, 5.74) is 6.82. The van der Waals surface area contributed by atoms with Gasteiger partial charge in [-0.1, -0.05) is 13.8 Å². The molecular weight excluding hydrogens is 268 g/mol. The number of nitrogens with two attached hydrogens (primary N) is 1. The highest BCUT2D eigenvalue weighted by molar-refractivity contribution is 5.94. The van der Waals surface area contributed by atoms with Crippen molar-refractivity contribution < 1.29 is 14.3 Å². The quantitative estimate of drug-likeness (QED) is 0.742. The van der Waals surface area contributed by atoms with Crippen LogP contribution in [0.25, 0.3) is 0 Å². The molecule has 0 aliphatic heterocycles. The molecule has 1 amide bonds. The monoisotopic (exact) mass is 292 g/mol. The van der Waals surface area contributed by atoms with Crippen LogP contribution in [0, 0.1) is 5.92 Å². The van der Waals surface area contributed by atoms with Crippen LogP contribution in [0.15, 0.2) is 18.2 Å². The molecule has 116 valence electrons. The van der Waals surface area contributed by atoms with Crippen LogP contribution in [0.4, 0.5) is 0 Å². The number of rotatable bonds is 8. The fraction of sp³-hybridized carbons (Fsp3) is 0.500. The third-order valence-electron chi connectivity index (χ3n) is 3.08. The van der Waals surface area contributed by atoms with Crippen molar-refractivity contribution in [3.05, 3.63) is 29.3 Å². The first-order valence-electron chi connectivity index (χ1n) is 7.02. The molecule has 0 aliphatic rings. The van der Waals surface area contributed by atoms with Crippen molar-refractivity contribution in [1.82, 2.24) is 4.90 Å². The van der Waals surface area contributed by atoms with E-state index < -0.39 is 0 Å². The molecule has 0 saturated carbocycles. The number of carbonyl (C=O) groups excluding carboxylic acids is 2. The Morgan fingerprint density at radius 1 is 1.33 bits per heavy atom. The van der Waals surface area contributed by atoms with Gasteiger partial charge in [0.05, 0.1) is 13.7 Å². The van der Waals surface area contributed by atoms with Gasteiger partial charge in [-0.2, -0.15) is 0 Å². The van der Waals surface area contributed by atoms with Gasteiger partial charge in [-0.05, 0) is 31.0 Å². The van der Waals surface area contributed by atoms with Crippen molar-refractivity contribution in [2.75, 3.05) is 20.2 Å². The molecule has 1 aromatic rings. The van der Waals surface area contributed by atoms with Crippen molar-refractivity contribution in [3.8, 4) is 5.75 Å². The lowest BCUT2D eigenvalue weighted by atomic mass is 10.1. The molecular formula is C16H24N2O3. The molecule has 5 nitrogen and oxygen atoms in total. The second kappa shape index (κ2) is 7.78. The number of carbonyl (C=O) groups is 2. The van der Waals surface area contributed by atoms with Gasteiger partial charge in [0.25, 0.3) is 0 Å². The lowest BCUT2D eigenvalue weighted by Gasteiger charge is -2.24. The lowest BCUT2D eigenvalue weighted by Crippen LogP contribution is -2.35. The molecule has 1 rings (SSSR count). The molecule has 0 radical (unpaired) electrons. The predicted octanol–water partition coefficient (Wildman–Crippen LogP) is 1.84. The summed E-state index contributed by atoms with van der Waals surface area (Å²) in [7, 11) is 1.59. The standard InChI is InChI=1S/C16H24N2O3/c1-11(2)8-18(10-16(17)20)9-14-7-13(12(3)19)5-6-15(14)21-4/h5-7,11H,8-10H2,1-4H3,(H2,17,20). The molecule has 0 saturated heterocycles. The van der Waals surface area contributed by atoms with Crippen molar-refractivity contribution in [2.45, 2.75) is 27.3 Å². The molecule has 0 aliphatic carbocycles. The number of nitrogens with zero attached hydrogens (tertiary/aromatic N) is 1. The molecule has 5 heteroatoms. The zero-order chi connectivity index (χ0) is 16.0. The Morgan fingerprint density at radius 2 is 2.00 bits per heavy atom. The smallest absolute Gasteiger partial charge is 0.231 e. The highest BCUT2D eigenvalue weighted by atomic mass is 16.5. The third-order valence-corrected chi connectivity index (χ3v) is 3.08. The maximum atomic E-state index is 11.5. The third kappa shape index (κ3) is 5.55. The summed E-state index contributed by atoms with van der Waals surface area (Å²) in [6, 6.07) is 5.34. The van der Waals surface area contributed by atoms with E-state index in [1.54, 1.807) is 19.2 Å². The van der Waals surface area contributed by atoms with Crippen LogP contribution in [0.5, 0.6) is 5.75 Å². The van der Waals surface area contributed by atoms with Crippen molar-refractivity contribution in [1.29, 1.82) is 0 Å². The summed E-state index contributed by atoms with van der Waals surface area (Å²) in [6.07, 6.45) is 0. The average Bonchev–Trinajstić information content (AvgIpc) is 2.36. The van der Waals surface area contributed by atoms with Gasteiger partial charge in [0.1, 0.15) is 5.75 Å². The number of benzene rings is 1. The molecule has 0 spiro atoms. The summed E-state index contributed by atoms with van der Waals surface area (Å²) >= 11 is 0. The second-order valence-corrected chi connectivity index (χ2v) is 5.61. The number of primary amides is 1. The number of ketones is 1. The van der Waals surface area contributed by atoms with Gasteiger partial charge in [0.15, 0.2) is 5.78 Å². The predicted molar refractivity (Wildman–Crippen MR) is 82.3 cm³/mol. The molecule has 0 fully saturated rings. The van der Waals surface area contributed by atoms with Gasteiger partial charge >= 0.3 is 0 Å². The summed E-state index contributed by atoms with van der Waals surface area (Å²) in [6.45, 7) is 7.14. The van der Waals surface area contributed by atoms with E-state index in [2.05, 4.69) is 13.8 Å². The summed E-state index contributed by atoms with van der Waals surface area (Å²) in [5, 5.41) is 0. The van der Waals surface area contributed by atoms with E-state index in [-0.39, 0.29) is 18.2 Å². The number of ether oxygens (including phenoxy) is 1. The van der Waals surface area contributed by atoms with E-state index in [0.717, 1.165) is 12.1 Å². The van der Waals surface area contributed by atoms with Crippen LogP contribution in [0.3, 0.4) is 0 Å². The van der Waals surface area contributed by atoms with Gasteiger partial charge in [-0.3, -0.25) is 14.5 Å². The summed E-state index contributed by atoms with van der Waals surface area (Å²) < 4.78 is 5.34. The van der Waals surface area contributed by atoms with Crippen LogP contribution < -0.4 is 10.5 Å². The second-order valence-electron chi connectivity index (χ2n) is 5.61. The van der Waals surface area contributed by atoms with E-state index >= 15 is 0 Å². The first kappa shape index (κ1) is 17.2. The van der Waals surface area contributed by atoms with Gasteiger partial charge in [0.2, 0.25) is 5.91 Å². The molecule has 0 atom stereocenters. The summed E-state index contributed by atoms with van der Waals surface area (Å²) in [4.78, 5) is 24.7. The molecule has 0 aromatic heterocycles. The molecule has 1 aromatic carbocycles. The molecule has 0 unspecified atom stereocenters. The number of hydrogen-bond acceptors (Lipinski definition) is 4. The SMILES string of the molecule is COc1ccc(C(C)=O)cc1CN(CC(N)=O)CC(C)C. The van der Waals surface area contributed by atoms with Crippen LogP contribution in [-0.2, 0) is 11.3 Å². The zero-order valence-corrected chi connectivity index (χ0v) is 13.2. The van der Waals surface area contributed by atoms with Crippen molar-refractivity contribution >= 4 is 11.7 Å². The number of hydrogen-bond donors (Lipinski definition) is 1. The molecule has 21 heavy (non-hydrogen) atoms. The fourth-order valence-corrected chi connectivity index (χ4v) is 2.28. The molecule has 0 bridgehead atoms. The van der Waals surface area contributed by atoms with Crippen molar-refractivity contribution in [2.24, 2.45) is 11.7 Å². The van der Waals surface area contributed by atoms with E-state index in [9.17, 15) is 9.59 Å². The minimum atomic E-state index is -0.364. The molecule has 2 N–H and O–H groups in total. The average molecular weight is 292 g/mol. The van der Waals surface area contributed by atoms with E-state index in [4.69, 9.17) is 10.5 Å². The highest BCUT2D eigenvalue weighted by Crippen LogP contribution is 2.22. The number of methoxy groups -OCH3 is 1. The Labute approximate surface area is 126 Å². The normalized spacial score (nSPS) is 11.0. The maximum absolute atomic E-state index is 11.5. The first-order chi connectivity index (χ1) is 9.83. The van der Waals surface area contributed by atoms with Crippen molar-refractivity contribution in [3.63, 3.8) is 0 Å². The number of Topliss-reactive ketones (excluding diaryl/α,β-unsaturated/α-hetero) is 1. The van der Waals surface area contributed by atoms with Crippen LogP contribution >= 0.6 is 0 Å². The van der Waals surface area contributed by atoms with Crippen LogP contribution in [0.2, 0.25) is 0 Å². The van der Waals surface area contributed by atoms with E-state index in [1.807, 2.05) is 11.0 Å². The lowest BCUT2D eigenvalue weighted by molar-refractivity contribution is -0.119. The Balaban J connectivity index is 3.02. The van der Waals surface area contributed by atoms with Gasteiger partial charge in [0, 0.05) is 24.2 Å². The van der Waals surface area contributed by atoms with Gasteiger partial charge in [-0.15, -0.1) is 0 Å². The van der Waals surface area contributed by atoms with Gasteiger partial charge in [-0.25, -0.2) is 0 Å². The Kier molecular flexibility index (Phi) is 6.37. The largest absolute Gasteiger partial charge is 0.496 e. The Bertz CT molecular complexity index is 512. The minimum Gasteiger partial charge on any atom is -0.496 e. The highest BCUT2D eigenvalue weighted by Gasteiger charge is 2.15. The topological polar surface area (TPSA) is 72.6 Å². The van der Waals surface area contributed by atoms with Crippen LogP contribution in [0.1, 0.15) is 36.7 Å².